The van der Waals surface area contributed by atoms with E-state index in [1.807, 2.05) is 0 Å². The lowest BCUT2D eigenvalue weighted by molar-refractivity contribution is 0.103. The molecule has 0 aliphatic heterocycles. The quantitative estimate of drug-likeness (QED) is 0.438. The topological polar surface area (TPSA) is 74.6 Å². The summed E-state index contributed by atoms with van der Waals surface area (Å²) in [6.07, 6.45) is 0. The van der Waals surface area contributed by atoms with Crippen LogP contribution in [0.15, 0.2) is 83.8 Å². The second-order valence-electron chi connectivity index (χ2n) is 6.54. The molecule has 0 saturated carbocycles. The molecule has 0 saturated heterocycles. The summed E-state index contributed by atoms with van der Waals surface area (Å²) < 4.78 is 39.2. The zero-order valence-corrected chi connectivity index (χ0v) is 17.2. The van der Waals surface area contributed by atoms with Crippen molar-refractivity contribution in [3.63, 3.8) is 0 Å². The van der Waals surface area contributed by atoms with Gasteiger partial charge in [0.2, 0.25) is 5.78 Å². The van der Waals surface area contributed by atoms with Crippen molar-refractivity contribution in [1.29, 1.82) is 0 Å². The Labute approximate surface area is 174 Å². The van der Waals surface area contributed by atoms with Gasteiger partial charge in [0.05, 0.1) is 19.1 Å². The second kappa shape index (κ2) is 7.68. The minimum Gasteiger partial charge on any atom is -0.496 e. The molecule has 0 atom stereocenters. The van der Waals surface area contributed by atoms with Crippen LogP contribution in [0.25, 0.3) is 10.9 Å². The van der Waals surface area contributed by atoms with Crippen molar-refractivity contribution in [3.05, 3.63) is 90.1 Å². The van der Waals surface area contributed by atoms with E-state index >= 15 is 0 Å². The van der Waals surface area contributed by atoms with Crippen molar-refractivity contribution in [2.24, 2.45) is 0 Å². The lowest BCUT2D eigenvalue weighted by Crippen LogP contribution is -2.19. The largest absolute Gasteiger partial charge is 0.496 e. The zero-order valence-electron chi connectivity index (χ0n) is 16.4. The van der Waals surface area contributed by atoms with E-state index in [0.717, 1.165) is 3.97 Å². The number of methoxy groups -OCH3 is 2. The van der Waals surface area contributed by atoms with Crippen LogP contribution in [0.3, 0.4) is 0 Å². The van der Waals surface area contributed by atoms with E-state index in [2.05, 4.69) is 0 Å². The molecule has 152 valence electrons. The summed E-state index contributed by atoms with van der Waals surface area (Å²) in [4.78, 5) is 13.4. The van der Waals surface area contributed by atoms with Crippen LogP contribution < -0.4 is 9.47 Å². The van der Waals surface area contributed by atoms with Crippen LogP contribution in [0.4, 0.5) is 0 Å². The van der Waals surface area contributed by atoms with Crippen molar-refractivity contribution in [3.8, 4) is 11.5 Å². The highest BCUT2D eigenvalue weighted by molar-refractivity contribution is 7.90. The van der Waals surface area contributed by atoms with Gasteiger partial charge >= 0.3 is 0 Å². The number of carbonyl (C=O) groups is 1. The van der Waals surface area contributed by atoms with Crippen molar-refractivity contribution in [2.75, 3.05) is 14.2 Å². The number of nitrogens with zero attached hydrogens (tertiary/aromatic N) is 1. The second-order valence-corrected chi connectivity index (χ2v) is 8.33. The van der Waals surface area contributed by atoms with Crippen LogP contribution in [0.1, 0.15) is 16.1 Å². The number of benzene rings is 3. The number of ketones is 1. The fourth-order valence-electron chi connectivity index (χ4n) is 3.42. The third-order valence-electron chi connectivity index (χ3n) is 4.83. The summed E-state index contributed by atoms with van der Waals surface area (Å²) in [5.41, 5.74) is 0.630. The molecule has 0 aliphatic rings. The smallest absolute Gasteiger partial charge is 0.268 e. The fraction of sp³-hybridized carbons (Fsp3) is 0.0870. The molecule has 0 bridgehead atoms. The van der Waals surface area contributed by atoms with Gasteiger partial charge in [0, 0.05) is 10.9 Å². The van der Waals surface area contributed by atoms with Crippen LogP contribution in [-0.2, 0) is 10.0 Å². The molecular weight excluding hydrogens is 402 g/mol. The van der Waals surface area contributed by atoms with E-state index in [9.17, 15) is 13.2 Å². The molecule has 1 aromatic heterocycles. The lowest BCUT2D eigenvalue weighted by atomic mass is 10.1. The van der Waals surface area contributed by atoms with Gasteiger partial charge in [-0.25, -0.2) is 12.4 Å². The Kier molecular flexibility index (Phi) is 5.05. The minimum absolute atomic E-state index is 0.00264. The van der Waals surface area contributed by atoms with Gasteiger partial charge in [-0.3, -0.25) is 4.79 Å². The molecule has 0 unspecified atom stereocenters. The lowest BCUT2D eigenvalue weighted by Gasteiger charge is -2.14. The van der Waals surface area contributed by atoms with Gasteiger partial charge in [-0.15, -0.1) is 0 Å². The van der Waals surface area contributed by atoms with E-state index < -0.39 is 15.8 Å². The monoisotopic (exact) mass is 421 g/mol. The zero-order chi connectivity index (χ0) is 21.3. The van der Waals surface area contributed by atoms with Crippen LogP contribution >= 0.6 is 0 Å². The van der Waals surface area contributed by atoms with E-state index in [1.165, 1.54) is 32.4 Å². The average Bonchev–Trinajstić information content (AvgIpc) is 3.20. The maximum absolute atomic E-state index is 13.6. The summed E-state index contributed by atoms with van der Waals surface area (Å²) in [5.74, 6) is 0.336. The van der Waals surface area contributed by atoms with Gasteiger partial charge in [-0.1, -0.05) is 48.5 Å². The third kappa shape index (κ3) is 3.13. The molecule has 1 heterocycles. The molecule has 0 radical (unpaired) electrons. The summed E-state index contributed by atoms with van der Waals surface area (Å²) in [7, 11) is -1.16. The highest BCUT2D eigenvalue weighted by Gasteiger charge is 2.30. The molecule has 0 fully saturated rings. The Morgan fingerprint density at radius 1 is 0.800 bits per heavy atom. The maximum atomic E-state index is 13.6. The number of ether oxygens (including phenoxy) is 2. The molecule has 0 amide bonds. The van der Waals surface area contributed by atoms with E-state index in [-0.39, 0.29) is 16.1 Å². The SMILES string of the molecule is COc1ccc(OC)c2c1cc(C(=O)c1ccccc1)n2S(=O)(=O)c1ccccc1. The Morgan fingerprint density at radius 2 is 1.37 bits per heavy atom. The molecular formula is C23H19NO5S. The average molecular weight is 421 g/mol. The summed E-state index contributed by atoms with van der Waals surface area (Å²) >= 11 is 0. The molecule has 3 aromatic carbocycles. The van der Waals surface area contributed by atoms with Crippen LogP contribution in [0.2, 0.25) is 0 Å². The molecule has 0 N–H and O–H groups in total. The normalized spacial score (nSPS) is 11.4. The van der Waals surface area contributed by atoms with Crippen LogP contribution in [-0.4, -0.2) is 32.4 Å². The van der Waals surface area contributed by atoms with Crippen molar-refractivity contribution in [1.82, 2.24) is 3.97 Å². The standard InChI is InChI=1S/C23H19NO5S/c1-28-20-13-14-21(29-2)22-18(20)15-19(23(25)16-9-5-3-6-10-16)24(22)30(26,27)17-11-7-4-8-12-17/h3-15H,1-2H3. The van der Waals surface area contributed by atoms with Crippen molar-refractivity contribution < 1.29 is 22.7 Å². The van der Waals surface area contributed by atoms with Gasteiger partial charge in [-0.05, 0) is 30.3 Å². The van der Waals surface area contributed by atoms with Crippen LogP contribution in [0, 0.1) is 0 Å². The Bertz CT molecular complexity index is 1330. The number of hydrogen-bond donors (Lipinski definition) is 0. The molecule has 7 heteroatoms. The molecule has 6 nitrogen and oxygen atoms in total. The first kappa shape index (κ1) is 19.7. The van der Waals surface area contributed by atoms with Gasteiger partial charge < -0.3 is 9.47 Å². The number of hydrogen-bond acceptors (Lipinski definition) is 5. The first-order valence-electron chi connectivity index (χ1n) is 9.16. The molecule has 30 heavy (non-hydrogen) atoms. The van der Waals surface area contributed by atoms with Crippen LogP contribution in [0.5, 0.6) is 11.5 Å². The summed E-state index contributed by atoms with van der Waals surface area (Å²) in [6, 6.07) is 21.4. The van der Waals surface area contributed by atoms with Crippen molar-refractivity contribution >= 4 is 26.7 Å². The Morgan fingerprint density at radius 3 is 1.97 bits per heavy atom. The molecule has 4 aromatic rings. The fourth-order valence-corrected chi connectivity index (χ4v) is 4.95. The first-order valence-corrected chi connectivity index (χ1v) is 10.6. The van der Waals surface area contributed by atoms with Gasteiger partial charge in [0.15, 0.2) is 0 Å². The predicted octanol–water partition coefficient (Wildman–Crippen LogP) is 4.13. The predicted molar refractivity (Wildman–Crippen MR) is 114 cm³/mol. The number of aromatic nitrogens is 1. The van der Waals surface area contributed by atoms with E-state index in [4.69, 9.17) is 9.47 Å². The van der Waals surface area contributed by atoms with Gasteiger partial charge in [0.25, 0.3) is 10.0 Å². The minimum atomic E-state index is -4.10. The Balaban J connectivity index is 2.12. The maximum Gasteiger partial charge on any atom is 0.268 e. The number of fused-ring (bicyclic) bond motifs is 1. The summed E-state index contributed by atoms with van der Waals surface area (Å²) in [6.45, 7) is 0. The third-order valence-corrected chi connectivity index (χ3v) is 6.56. The number of rotatable bonds is 6. The van der Waals surface area contributed by atoms with Crippen molar-refractivity contribution in [2.45, 2.75) is 4.90 Å². The van der Waals surface area contributed by atoms with Gasteiger partial charge in [0.1, 0.15) is 22.7 Å². The number of carbonyl (C=O) groups excluding carboxylic acids is 1. The molecule has 4 rings (SSSR count). The Hall–Kier alpha value is -3.58. The van der Waals surface area contributed by atoms with Gasteiger partial charge in [-0.2, -0.15) is 0 Å². The summed E-state index contributed by atoms with van der Waals surface area (Å²) in [5, 5.41) is 0.468. The molecule has 0 aliphatic carbocycles. The highest BCUT2D eigenvalue weighted by atomic mass is 32.2. The first-order chi connectivity index (χ1) is 14.5. The van der Waals surface area contributed by atoms with E-state index in [0.29, 0.717) is 22.4 Å². The van der Waals surface area contributed by atoms with E-state index in [1.54, 1.807) is 60.7 Å². The molecule has 0 spiro atoms. The highest BCUT2D eigenvalue weighted by Crippen LogP contribution is 2.38.